The fourth-order valence-corrected chi connectivity index (χ4v) is 2.78. The number of hydrogen-bond acceptors (Lipinski definition) is 3. The van der Waals surface area contributed by atoms with Crippen LogP contribution in [0.1, 0.15) is 18.4 Å². The van der Waals surface area contributed by atoms with Crippen LogP contribution in [0, 0.1) is 0 Å². The van der Waals surface area contributed by atoms with Gasteiger partial charge in [0, 0.05) is 24.7 Å². The maximum Gasteiger partial charge on any atom is 0.248 e. The molecule has 1 aliphatic heterocycles. The summed E-state index contributed by atoms with van der Waals surface area (Å²) >= 11 is 0. The lowest BCUT2D eigenvalue weighted by Gasteiger charge is -2.15. The van der Waals surface area contributed by atoms with Gasteiger partial charge in [0.05, 0.1) is 12.8 Å². The standard InChI is InChI=1S/C20H20N2O3/c1-25-18-6-3-2-5-17(18)21-19(23)13-10-15-8-11-16(12-9-15)22-14-4-7-20(22)24/h2-3,5-6,8-13H,4,7,14H2,1H3,(H,21,23)/b13-10+. The van der Waals surface area contributed by atoms with E-state index < -0.39 is 0 Å². The van der Waals surface area contributed by atoms with Crippen molar-refractivity contribution in [2.45, 2.75) is 12.8 Å². The van der Waals surface area contributed by atoms with Crippen molar-refractivity contribution in [1.82, 2.24) is 0 Å². The van der Waals surface area contributed by atoms with Gasteiger partial charge in [-0.05, 0) is 42.3 Å². The third kappa shape index (κ3) is 4.07. The molecule has 128 valence electrons. The molecule has 3 rings (SSSR count). The van der Waals surface area contributed by atoms with E-state index in [0.717, 1.165) is 24.2 Å². The number of amides is 2. The normalized spacial score (nSPS) is 14.1. The average Bonchev–Trinajstić information content (AvgIpc) is 3.07. The van der Waals surface area contributed by atoms with Crippen LogP contribution in [0.2, 0.25) is 0 Å². The number of nitrogens with one attached hydrogen (secondary N) is 1. The van der Waals surface area contributed by atoms with Gasteiger partial charge in [0.2, 0.25) is 11.8 Å². The Labute approximate surface area is 146 Å². The monoisotopic (exact) mass is 336 g/mol. The molecular formula is C20H20N2O3. The molecule has 2 aromatic carbocycles. The second kappa shape index (κ2) is 7.66. The summed E-state index contributed by atoms with van der Waals surface area (Å²) in [6.45, 7) is 0.773. The Bertz CT molecular complexity index is 797. The van der Waals surface area contributed by atoms with Crippen molar-refractivity contribution in [3.05, 3.63) is 60.2 Å². The number of ether oxygens (including phenoxy) is 1. The smallest absolute Gasteiger partial charge is 0.248 e. The van der Waals surface area contributed by atoms with Crippen LogP contribution in [0.5, 0.6) is 5.75 Å². The van der Waals surface area contributed by atoms with Crippen LogP contribution in [0.3, 0.4) is 0 Å². The maximum absolute atomic E-state index is 12.1. The Balaban J connectivity index is 1.63. The van der Waals surface area contributed by atoms with Gasteiger partial charge in [-0.15, -0.1) is 0 Å². The first-order valence-electron chi connectivity index (χ1n) is 8.20. The lowest BCUT2D eigenvalue weighted by atomic mass is 10.2. The number of carbonyl (C=O) groups excluding carboxylic acids is 2. The lowest BCUT2D eigenvalue weighted by molar-refractivity contribution is -0.117. The van der Waals surface area contributed by atoms with E-state index in [1.54, 1.807) is 30.2 Å². The second-order valence-corrected chi connectivity index (χ2v) is 5.76. The van der Waals surface area contributed by atoms with E-state index in [9.17, 15) is 9.59 Å². The topological polar surface area (TPSA) is 58.6 Å². The van der Waals surface area contributed by atoms with Crippen LogP contribution < -0.4 is 15.0 Å². The van der Waals surface area contributed by atoms with Crippen LogP contribution in [0.15, 0.2) is 54.6 Å². The van der Waals surface area contributed by atoms with Crippen molar-refractivity contribution in [1.29, 1.82) is 0 Å². The number of nitrogens with zero attached hydrogens (tertiary/aromatic N) is 1. The molecule has 25 heavy (non-hydrogen) atoms. The Hall–Kier alpha value is -3.08. The molecule has 0 saturated carbocycles. The summed E-state index contributed by atoms with van der Waals surface area (Å²) in [5.74, 6) is 0.548. The van der Waals surface area contributed by atoms with E-state index in [4.69, 9.17) is 4.74 Å². The Morgan fingerprint density at radius 2 is 1.92 bits per heavy atom. The molecule has 0 aromatic heterocycles. The number of methoxy groups -OCH3 is 1. The van der Waals surface area contributed by atoms with Crippen molar-refractivity contribution >= 4 is 29.3 Å². The van der Waals surface area contributed by atoms with Gasteiger partial charge in [0.15, 0.2) is 0 Å². The summed E-state index contributed by atoms with van der Waals surface area (Å²) in [7, 11) is 1.56. The first-order valence-corrected chi connectivity index (χ1v) is 8.20. The van der Waals surface area contributed by atoms with Gasteiger partial charge in [0.25, 0.3) is 0 Å². The predicted molar refractivity (Wildman–Crippen MR) is 98.7 cm³/mol. The van der Waals surface area contributed by atoms with Crippen molar-refractivity contribution in [3.8, 4) is 5.75 Å². The summed E-state index contributed by atoms with van der Waals surface area (Å²) < 4.78 is 5.21. The Kier molecular flexibility index (Phi) is 5.14. The van der Waals surface area contributed by atoms with E-state index in [2.05, 4.69) is 5.32 Å². The number of benzene rings is 2. The molecule has 1 heterocycles. The number of rotatable bonds is 5. The van der Waals surface area contributed by atoms with Gasteiger partial charge >= 0.3 is 0 Å². The first-order chi connectivity index (χ1) is 12.2. The van der Waals surface area contributed by atoms with E-state index in [-0.39, 0.29) is 11.8 Å². The molecule has 5 nitrogen and oxygen atoms in total. The van der Waals surface area contributed by atoms with Crippen molar-refractivity contribution in [2.24, 2.45) is 0 Å². The molecule has 0 aliphatic carbocycles. The van der Waals surface area contributed by atoms with Gasteiger partial charge in [-0.3, -0.25) is 9.59 Å². The van der Waals surface area contributed by atoms with Crippen molar-refractivity contribution in [2.75, 3.05) is 23.9 Å². The molecule has 0 unspecified atom stereocenters. The molecule has 0 bridgehead atoms. The lowest BCUT2D eigenvalue weighted by Crippen LogP contribution is -2.23. The highest BCUT2D eigenvalue weighted by Gasteiger charge is 2.21. The minimum absolute atomic E-state index is 0.166. The molecular weight excluding hydrogens is 316 g/mol. The van der Waals surface area contributed by atoms with E-state index in [1.165, 1.54) is 6.08 Å². The highest BCUT2D eigenvalue weighted by molar-refractivity contribution is 6.02. The number of carbonyl (C=O) groups is 2. The SMILES string of the molecule is COc1ccccc1NC(=O)/C=C/c1ccc(N2CCCC2=O)cc1. The number of para-hydroxylation sites is 2. The molecule has 1 fully saturated rings. The fraction of sp³-hybridized carbons (Fsp3) is 0.200. The molecule has 2 aromatic rings. The quantitative estimate of drug-likeness (QED) is 0.851. The summed E-state index contributed by atoms with van der Waals surface area (Å²) in [5.41, 5.74) is 2.42. The van der Waals surface area contributed by atoms with Crippen LogP contribution >= 0.6 is 0 Å². The highest BCUT2D eigenvalue weighted by atomic mass is 16.5. The summed E-state index contributed by atoms with van der Waals surface area (Å²) in [6, 6.07) is 14.9. The van der Waals surface area contributed by atoms with Crippen LogP contribution in [0.25, 0.3) is 6.08 Å². The van der Waals surface area contributed by atoms with Gasteiger partial charge in [-0.25, -0.2) is 0 Å². The summed E-state index contributed by atoms with van der Waals surface area (Å²) in [6.07, 6.45) is 4.73. The minimum Gasteiger partial charge on any atom is -0.495 e. The molecule has 5 heteroatoms. The Morgan fingerprint density at radius 3 is 2.60 bits per heavy atom. The zero-order chi connectivity index (χ0) is 17.6. The third-order valence-electron chi connectivity index (χ3n) is 4.07. The maximum atomic E-state index is 12.1. The summed E-state index contributed by atoms with van der Waals surface area (Å²) in [4.78, 5) is 25.6. The van der Waals surface area contributed by atoms with Crippen molar-refractivity contribution < 1.29 is 14.3 Å². The molecule has 1 aliphatic rings. The first kappa shape index (κ1) is 16.8. The van der Waals surface area contributed by atoms with Crippen molar-refractivity contribution in [3.63, 3.8) is 0 Å². The van der Waals surface area contributed by atoms with Gasteiger partial charge in [-0.1, -0.05) is 24.3 Å². The fourth-order valence-electron chi connectivity index (χ4n) is 2.78. The third-order valence-corrected chi connectivity index (χ3v) is 4.07. The minimum atomic E-state index is -0.233. The number of anilines is 2. The van der Waals surface area contributed by atoms with Crippen LogP contribution in [-0.2, 0) is 9.59 Å². The summed E-state index contributed by atoms with van der Waals surface area (Å²) in [5, 5.41) is 2.79. The zero-order valence-corrected chi connectivity index (χ0v) is 14.1. The zero-order valence-electron chi connectivity index (χ0n) is 14.1. The second-order valence-electron chi connectivity index (χ2n) is 5.76. The molecule has 0 atom stereocenters. The van der Waals surface area contributed by atoms with Crippen LogP contribution in [0.4, 0.5) is 11.4 Å². The molecule has 0 spiro atoms. The predicted octanol–water partition coefficient (Wildman–Crippen LogP) is 3.47. The molecule has 0 radical (unpaired) electrons. The van der Waals surface area contributed by atoms with Gasteiger partial charge in [0.1, 0.15) is 5.75 Å². The largest absolute Gasteiger partial charge is 0.495 e. The van der Waals surface area contributed by atoms with E-state index in [0.29, 0.717) is 17.9 Å². The number of hydrogen-bond donors (Lipinski definition) is 1. The van der Waals surface area contributed by atoms with Gasteiger partial charge < -0.3 is 15.0 Å². The van der Waals surface area contributed by atoms with Crippen LogP contribution in [-0.4, -0.2) is 25.5 Å². The van der Waals surface area contributed by atoms with E-state index >= 15 is 0 Å². The molecule has 1 saturated heterocycles. The van der Waals surface area contributed by atoms with Gasteiger partial charge in [-0.2, -0.15) is 0 Å². The Morgan fingerprint density at radius 1 is 1.16 bits per heavy atom. The molecule has 1 N–H and O–H groups in total. The molecule has 2 amide bonds. The highest BCUT2D eigenvalue weighted by Crippen LogP contribution is 2.23. The van der Waals surface area contributed by atoms with E-state index in [1.807, 2.05) is 36.4 Å². The average molecular weight is 336 g/mol.